The maximum absolute atomic E-state index is 5.71. The van der Waals surface area contributed by atoms with Gasteiger partial charge in [-0.25, -0.2) is 0 Å². The molecule has 1 saturated heterocycles. The number of ether oxygens (including phenoxy) is 1. The fourth-order valence-electron chi connectivity index (χ4n) is 1.80. The van der Waals surface area contributed by atoms with Crippen LogP contribution in [-0.4, -0.2) is 25.3 Å². The third kappa shape index (κ3) is 4.98. The van der Waals surface area contributed by atoms with Gasteiger partial charge in [-0.2, -0.15) is 0 Å². The van der Waals surface area contributed by atoms with Crippen LogP contribution in [0.3, 0.4) is 0 Å². The van der Waals surface area contributed by atoms with E-state index in [0.29, 0.717) is 17.6 Å². The van der Waals surface area contributed by atoms with E-state index in [1.54, 1.807) is 0 Å². The molecule has 0 amide bonds. The van der Waals surface area contributed by atoms with Crippen LogP contribution >= 0.6 is 0 Å². The Balaban J connectivity index is 2.10. The van der Waals surface area contributed by atoms with Crippen LogP contribution in [0.1, 0.15) is 53.4 Å². The Morgan fingerprint density at radius 2 is 2.07 bits per heavy atom. The zero-order valence-electron chi connectivity index (χ0n) is 10.8. The lowest BCUT2D eigenvalue weighted by atomic mass is 9.88. The van der Waals surface area contributed by atoms with Crippen molar-refractivity contribution in [2.75, 3.05) is 13.2 Å². The van der Waals surface area contributed by atoms with Crippen molar-refractivity contribution in [3.63, 3.8) is 0 Å². The van der Waals surface area contributed by atoms with Crippen molar-refractivity contribution in [1.29, 1.82) is 0 Å². The van der Waals surface area contributed by atoms with Gasteiger partial charge in [0.2, 0.25) is 0 Å². The molecule has 1 aliphatic rings. The molecule has 2 heteroatoms. The molecule has 0 aromatic rings. The van der Waals surface area contributed by atoms with Gasteiger partial charge in [-0.1, -0.05) is 20.8 Å². The average Bonchev–Trinajstić information content (AvgIpc) is 2.18. The largest absolute Gasteiger partial charge is 0.378 e. The Bertz CT molecular complexity index is 168. The van der Waals surface area contributed by atoms with Crippen LogP contribution in [0.5, 0.6) is 0 Å². The van der Waals surface area contributed by atoms with Gasteiger partial charge in [-0.3, -0.25) is 0 Å². The summed E-state index contributed by atoms with van der Waals surface area (Å²) in [6.07, 6.45) is 5.53. The Morgan fingerprint density at radius 3 is 2.60 bits per heavy atom. The molecule has 1 aliphatic heterocycles. The molecule has 1 rings (SSSR count). The summed E-state index contributed by atoms with van der Waals surface area (Å²) in [5.41, 5.74) is 0.355. The SMILES string of the molecule is CC(NCCC1CCCCO1)C(C)(C)C. The normalized spacial score (nSPS) is 25.2. The van der Waals surface area contributed by atoms with Gasteiger partial charge in [0, 0.05) is 12.6 Å². The lowest BCUT2D eigenvalue weighted by molar-refractivity contribution is 0.0107. The summed E-state index contributed by atoms with van der Waals surface area (Å²) < 4.78 is 5.71. The Labute approximate surface area is 94.8 Å². The van der Waals surface area contributed by atoms with E-state index < -0.39 is 0 Å². The van der Waals surface area contributed by atoms with E-state index >= 15 is 0 Å². The predicted molar refractivity (Wildman–Crippen MR) is 65.1 cm³/mol. The molecule has 90 valence electrons. The zero-order chi connectivity index (χ0) is 11.3. The first kappa shape index (κ1) is 13.0. The summed E-state index contributed by atoms with van der Waals surface area (Å²) >= 11 is 0. The molecule has 0 aromatic carbocycles. The first-order chi connectivity index (χ1) is 7.00. The highest BCUT2D eigenvalue weighted by atomic mass is 16.5. The fraction of sp³-hybridized carbons (Fsp3) is 1.00. The maximum atomic E-state index is 5.71. The summed E-state index contributed by atoms with van der Waals surface area (Å²) in [5.74, 6) is 0. The van der Waals surface area contributed by atoms with Crippen LogP contribution in [0.4, 0.5) is 0 Å². The molecule has 0 spiro atoms. The second kappa shape index (κ2) is 5.86. The number of nitrogens with one attached hydrogen (secondary N) is 1. The highest BCUT2D eigenvalue weighted by Crippen LogP contribution is 2.19. The smallest absolute Gasteiger partial charge is 0.0587 e. The summed E-state index contributed by atoms with van der Waals surface area (Å²) in [5, 5.41) is 3.59. The van der Waals surface area contributed by atoms with Gasteiger partial charge < -0.3 is 10.1 Å². The van der Waals surface area contributed by atoms with Crippen molar-refractivity contribution in [1.82, 2.24) is 5.32 Å². The second-order valence-electron chi connectivity index (χ2n) is 5.82. The van der Waals surface area contributed by atoms with Crippen LogP contribution in [0.2, 0.25) is 0 Å². The van der Waals surface area contributed by atoms with E-state index in [0.717, 1.165) is 13.2 Å². The molecule has 0 bridgehead atoms. The summed E-state index contributed by atoms with van der Waals surface area (Å²) in [7, 11) is 0. The molecule has 0 aliphatic carbocycles. The minimum absolute atomic E-state index is 0.355. The van der Waals surface area contributed by atoms with E-state index in [4.69, 9.17) is 4.74 Å². The minimum Gasteiger partial charge on any atom is -0.378 e. The highest BCUT2D eigenvalue weighted by molar-refractivity contribution is 4.76. The lowest BCUT2D eigenvalue weighted by Gasteiger charge is -2.29. The molecular weight excluding hydrogens is 186 g/mol. The minimum atomic E-state index is 0.355. The fourth-order valence-corrected chi connectivity index (χ4v) is 1.80. The van der Waals surface area contributed by atoms with Crippen molar-refractivity contribution in [2.24, 2.45) is 5.41 Å². The predicted octanol–water partition coefficient (Wildman–Crippen LogP) is 2.97. The van der Waals surface area contributed by atoms with Crippen LogP contribution in [0.15, 0.2) is 0 Å². The molecule has 0 radical (unpaired) electrons. The Kier molecular flexibility index (Phi) is 5.07. The number of rotatable bonds is 4. The molecule has 0 aromatic heterocycles. The van der Waals surface area contributed by atoms with Crippen molar-refractivity contribution in [3.05, 3.63) is 0 Å². The third-order valence-corrected chi connectivity index (χ3v) is 3.49. The summed E-state index contributed by atoms with van der Waals surface area (Å²) in [4.78, 5) is 0. The quantitative estimate of drug-likeness (QED) is 0.775. The first-order valence-electron chi connectivity index (χ1n) is 6.35. The van der Waals surface area contributed by atoms with E-state index in [1.807, 2.05) is 0 Å². The molecule has 0 saturated carbocycles. The average molecular weight is 213 g/mol. The van der Waals surface area contributed by atoms with E-state index in [9.17, 15) is 0 Å². The van der Waals surface area contributed by atoms with Gasteiger partial charge in [0.1, 0.15) is 0 Å². The monoisotopic (exact) mass is 213 g/mol. The van der Waals surface area contributed by atoms with Crippen LogP contribution in [-0.2, 0) is 4.74 Å². The van der Waals surface area contributed by atoms with E-state index in [1.165, 1.54) is 25.7 Å². The molecule has 2 nitrogen and oxygen atoms in total. The maximum Gasteiger partial charge on any atom is 0.0587 e. The van der Waals surface area contributed by atoms with Gasteiger partial charge in [0.25, 0.3) is 0 Å². The second-order valence-corrected chi connectivity index (χ2v) is 5.82. The lowest BCUT2D eigenvalue weighted by Crippen LogP contribution is -2.39. The Morgan fingerprint density at radius 1 is 1.33 bits per heavy atom. The van der Waals surface area contributed by atoms with Crippen LogP contribution < -0.4 is 5.32 Å². The van der Waals surface area contributed by atoms with Gasteiger partial charge in [-0.05, 0) is 44.6 Å². The molecular formula is C13H27NO. The number of hydrogen-bond acceptors (Lipinski definition) is 2. The topological polar surface area (TPSA) is 21.3 Å². The summed E-state index contributed by atoms with van der Waals surface area (Å²) in [6.45, 7) is 11.2. The van der Waals surface area contributed by atoms with Crippen LogP contribution in [0, 0.1) is 5.41 Å². The van der Waals surface area contributed by atoms with E-state index in [-0.39, 0.29) is 0 Å². The first-order valence-corrected chi connectivity index (χ1v) is 6.35. The van der Waals surface area contributed by atoms with Crippen molar-refractivity contribution in [2.45, 2.75) is 65.5 Å². The van der Waals surface area contributed by atoms with E-state index in [2.05, 4.69) is 33.0 Å². The molecule has 1 heterocycles. The zero-order valence-corrected chi connectivity index (χ0v) is 10.8. The van der Waals surface area contributed by atoms with Gasteiger partial charge in [0.05, 0.1) is 6.10 Å². The Hall–Kier alpha value is -0.0800. The molecule has 2 atom stereocenters. The number of hydrogen-bond donors (Lipinski definition) is 1. The van der Waals surface area contributed by atoms with Crippen molar-refractivity contribution in [3.8, 4) is 0 Å². The van der Waals surface area contributed by atoms with Gasteiger partial charge >= 0.3 is 0 Å². The van der Waals surface area contributed by atoms with Crippen LogP contribution in [0.25, 0.3) is 0 Å². The molecule has 1 N–H and O–H groups in total. The molecule has 1 fully saturated rings. The molecule has 2 unspecified atom stereocenters. The third-order valence-electron chi connectivity index (χ3n) is 3.49. The molecule has 15 heavy (non-hydrogen) atoms. The highest BCUT2D eigenvalue weighted by Gasteiger charge is 2.20. The van der Waals surface area contributed by atoms with Crippen molar-refractivity contribution < 1.29 is 4.74 Å². The van der Waals surface area contributed by atoms with Gasteiger partial charge in [-0.15, -0.1) is 0 Å². The van der Waals surface area contributed by atoms with Gasteiger partial charge in [0.15, 0.2) is 0 Å². The van der Waals surface area contributed by atoms with Crippen molar-refractivity contribution >= 4 is 0 Å². The summed E-state index contributed by atoms with van der Waals surface area (Å²) in [6, 6.07) is 0.570. The standard InChI is InChI=1S/C13H27NO/c1-11(13(2,3)4)14-9-8-12-7-5-6-10-15-12/h11-12,14H,5-10H2,1-4H3.